The molecule has 0 bridgehead atoms. The molecular formula is C9H11ClN2O. The molecule has 4 heteroatoms. The van der Waals surface area contributed by atoms with Crippen LogP contribution in [0.5, 0.6) is 0 Å². The Labute approximate surface area is 81.8 Å². The Morgan fingerprint density at radius 2 is 2.38 bits per heavy atom. The van der Waals surface area contributed by atoms with Crippen molar-refractivity contribution in [1.29, 1.82) is 0 Å². The molecule has 1 fully saturated rings. The standard InChI is InChI=1S/C9H11ClN2O/c10-9-11-4-3-8(12-9)7(5-13)6-1-2-6/h3-4,6-7,13H,1-2,5H2. The summed E-state index contributed by atoms with van der Waals surface area (Å²) >= 11 is 5.67. The molecule has 0 amide bonds. The van der Waals surface area contributed by atoms with E-state index in [0.717, 1.165) is 5.69 Å². The topological polar surface area (TPSA) is 46.0 Å². The van der Waals surface area contributed by atoms with Crippen molar-refractivity contribution in [2.75, 3.05) is 6.61 Å². The van der Waals surface area contributed by atoms with Crippen molar-refractivity contribution in [2.24, 2.45) is 5.92 Å². The molecule has 1 aromatic rings. The maximum Gasteiger partial charge on any atom is 0.222 e. The van der Waals surface area contributed by atoms with E-state index in [1.165, 1.54) is 12.8 Å². The lowest BCUT2D eigenvalue weighted by molar-refractivity contribution is 0.250. The number of rotatable bonds is 3. The average Bonchev–Trinajstić information content (AvgIpc) is 2.90. The van der Waals surface area contributed by atoms with Gasteiger partial charge in [-0.3, -0.25) is 0 Å². The molecule has 1 unspecified atom stereocenters. The third-order valence-corrected chi connectivity index (χ3v) is 2.60. The van der Waals surface area contributed by atoms with Crippen LogP contribution in [0.4, 0.5) is 0 Å². The van der Waals surface area contributed by atoms with Crippen molar-refractivity contribution < 1.29 is 5.11 Å². The van der Waals surface area contributed by atoms with E-state index >= 15 is 0 Å². The highest BCUT2D eigenvalue weighted by Gasteiger charge is 2.32. The van der Waals surface area contributed by atoms with Gasteiger partial charge in [-0.05, 0) is 36.4 Å². The summed E-state index contributed by atoms with van der Waals surface area (Å²) in [6.45, 7) is 0.151. The van der Waals surface area contributed by atoms with Crippen LogP contribution >= 0.6 is 11.6 Å². The molecule has 1 N–H and O–H groups in total. The summed E-state index contributed by atoms with van der Waals surface area (Å²) in [5.41, 5.74) is 0.866. The van der Waals surface area contributed by atoms with E-state index in [0.29, 0.717) is 5.92 Å². The molecule has 1 aromatic heterocycles. The quantitative estimate of drug-likeness (QED) is 0.751. The van der Waals surface area contributed by atoms with Gasteiger partial charge >= 0.3 is 0 Å². The monoisotopic (exact) mass is 198 g/mol. The zero-order valence-electron chi connectivity index (χ0n) is 7.15. The molecule has 1 heterocycles. The lowest BCUT2D eigenvalue weighted by Crippen LogP contribution is -2.08. The summed E-state index contributed by atoms with van der Waals surface area (Å²) < 4.78 is 0. The van der Waals surface area contributed by atoms with Crippen molar-refractivity contribution in [1.82, 2.24) is 9.97 Å². The first-order chi connectivity index (χ1) is 6.31. The Kier molecular flexibility index (Phi) is 2.47. The highest BCUT2D eigenvalue weighted by molar-refractivity contribution is 6.28. The molecule has 3 nitrogen and oxygen atoms in total. The van der Waals surface area contributed by atoms with Gasteiger partial charge in [-0.2, -0.15) is 0 Å². The van der Waals surface area contributed by atoms with Crippen molar-refractivity contribution in [3.8, 4) is 0 Å². The number of hydrogen-bond donors (Lipinski definition) is 1. The van der Waals surface area contributed by atoms with Gasteiger partial charge in [-0.25, -0.2) is 9.97 Å². The van der Waals surface area contributed by atoms with E-state index in [1.54, 1.807) is 6.20 Å². The molecular weight excluding hydrogens is 188 g/mol. The third-order valence-electron chi connectivity index (χ3n) is 2.42. The molecule has 0 spiro atoms. The van der Waals surface area contributed by atoms with Crippen LogP contribution in [0.15, 0.2) is 12.3 Å². The van der Waals surface area contributed by atoms with Crippen LogP contribution < -0.4 is 0 Å². The van der Waals surface area contributed by atoms with Crippen molar-refractivity contribution in [3.05, 3.63) is 23.2 Å². The minimum absolute atomic E-state index is 0.151. The molecule has 0 radical (unpaired) electrons. The fourth-order valence-corrected chi connectivity index (χ4v) is 1.69. The normalized spacial score (nSPS) is 18.6. The molecule has 1 aliphatic carbocycles. The lowest BCUT2D eigenvalue weighted by atomic mass is 10.0. The molecule has 1 aliphatic rings. The van der Waals surface area contributed by atoms with Gasteiger partial charge in [0.25, 0.3) is 0 Å². The smallest absolute Gasteiger partial charge is 0.222 e. The first kappa shape index (κ1) is 8.91. The van der Waals surface area contributed by atoms with Crippen molar-refractivity contribution in [3.63, 3.8) is 0 Å². The Balaban J connectivity index is 2.21. The van der Waals surface area contributed by atoms with E-state index < -0.39 is 0 Å². The average molecular weight is 199 g/mol. The Morgan fingerprint density at radius 3 is 2.92 bits per heavy atom. The molecule has 0 saturated heterocycles. The fourth-order valence-electron chi connectivity index (χ4n) is 1.54. The highest BCUT2D eigenvalue weighted by atomic mass is 35.5. The largest absolute Gasteiger partial charge is 0.396 e. The van der Waals surface area contributed by atoms with E-state index in [-0.39, 0.29) is 17.8 Å². The van der Waals surface area contributed by atoms with Gasteiger partial charge in [-0.15, -0.1) is 0 Å². The second kappa shape index (κ2) is 3.60. The number of aliphatic hydroxyl groups is 1. The first-order valence-electron chi connectivity index (χ1n) is 4.40. The fraction of sp³-hybridized carbons (Fsp3) is 0.556. The van der Waals surface area contributed by atoms with Crippen LogP contribution in [0, 0.1) is 5.92 Å². The number of aliphatic hydroxyl groups excluding tert-OH is 1. The second-order valence-electron chi connectivity index (χ2n) is 3.38. The van der Waals surface area contributed by atoms with E-state index in [2.05, 4.69) is 9.97 Å². The summed E-state index contributed by atoms with van der Waals surface area (Å²) in [4.78, 5) is 7.91. The summed E-state index contributed by atoms with van der Waals surface area (Å²) in [6.07, 6.45) is 4.01. The number of halogens is 1. The van der Waals surface area contributed by atoms with Gasteiger partial charge in [-0.1, -0.05) is 0 Å². The molecule has 1 atom stereocenters. The van der Waals surface area contributed by atoms with Gasteiger partial charge in [0.05, 0.1) is 12.3 Å². The van der Waals surface area contributed by atoms with Crippen LogP contribution in [-0.4, -0.2) is 21.7 Å². The van der Waals surface area contributed by atoms with Crippen LogP contribution in [0.1, 0.15) is 24.5 Å². The zero-order valence-corrected chi connectivity index (χ0v) is 7.91. The summed E-state index contributed by atoms with van der Waals surface area (Å²) in [7, 11) is 0. The predicted molar refractivity (Wildman–Crippen MR) is 49.6 cm³/mol. The van der Waals surface area contributed by atoms with Gasteiger partial charge in [0.1, 0.15) is 0 Å². The minimum atomic E-state index is 0.151. The third kappa shape index (κ3) is 1.98. The first-order valence-corrected chi connectivity index (χ1v) is 4.78. The van der Waals surface area contributed by atoms with E-state index in [4.69, 9.17) is 11.6 Å². The van der Waals surface area contributed by atoms with Gasteiger partial charge < -0.3 is 5.11 Å². The SMILES string of the molecule is OCC(c1ccnc(Cl)n1)C1CC1. The minimum Gasteiger partial charge on any atom is -0.396 e. The Morgan fingerprint density at radius 1 is 1.62 bits per heavy atom. The summed E-state index contributed by atoms with van der Waals surface area (Å²) in [6, 6.07) is 1.82. The van der Waals surface area contributed by atoms with Gasteiger partial charge in [0, 0.05) is 12.1 Å². The van der Waals surface area contributed by atoms with Crippen molar-refractivity contribution >= 4 is 11.6 Å². The van der Waals surface area contributed by atoms with Crippen LogP contribution in [-0.2, 0) is 0 Å². The highest BCUT2D eigenvalue weighted by Crippen LogP contribution is 2.41. The Bertz CT molecular complexity index is 301. The predicted octanol–water partition coefficient (Wildman–Crippen LogP) is 1.62. The molecule has 2 rings (SSSR count). The van der Waals surface area contributed by atoms with E-state index in [9.17, 15) is 5.11 Å². The summed E-state index contributed by atoms with van der Waals surface area (Å²) in [5.74, 6) is 0.747. The van der Waals surface area contributed by atoms with Gasteiger partial charge in [0.15, 0.2) is 0 Å². The van der Waals surface area contributed by atoms with E-state index in [1.807, 2.05) is 6.07 Å². The zero-order chi connectivity index (χ0) is 9.26. The van der Waals surface area contributed by atoms with Crippen LogP contribution in [0.25, 0.3) is 0 Å². The number of aromatic nitrogens is 2. The Hall–Kier alpha value is -0.670. The van der Waals surface area contributed by atoms with Crippen molar-refractivity contribution in [2.45, 2.75) is 18.8 Å². The molecule has 0 aliphatic heterocycles. The molecule has 0 aromatic carbocycles. The maximum absolute atomic E-state index is 9.18. The van der Waals surface area contributed by atoms with Crippen LogP contribution in [0.3, 0.4) is 0 Å². The molecule has 1 saturated carbocycles. The maximum atomic E-state index is 9.18. The number of nitrogens with zero attached hydrogens (tertiary/aromatic N) is 2. The number of hydrogen-bond acceptors (Lipinski definition) is 3. The molecule has 70 valence electrons. The second-order valence-corrected chi connectivity index (χ2v) is 3.72. The van der Waals surface area contributed by atoms with Crippen LogP contribution in [0.2, 0.25) is 5.28 Å². The molecule has 13 heavy (non-hydrogen) atoms. The lowest BCUT2D eigenvalue weighted by Gasteiger charge is -2.11. The summed E-state index contributed by atoms with van der Waals surface area (Å²) in [5, 5.41) is 9.44. The van der Waals surface area contributed by atoms with Gasteiger partial charge in [0.2, 0.25) is 5.28 Å².